The molecule has 5 nitrogen and oxygen atoms in total. The number of pyridine rings is 2. The van der Waals surface area contributed by atoms with Crippen LogP contribution in [0.25, 0.3) is 16.6 Å². The third-order valence-electron chi connectivity index (χ3n) is 3.97. The van der Waals surface area contributed by atoms with Gasteiger partial charge in [0.15, 0.2) is 5.82 Å². The van der Waals surface area contributed by atoms with Gasteiger partial charge < -0.3 is 0 Å². The maximum Gasteiger partial charge on any atom is 0.266 e. The Morgan fingerprint density at radius 2 is 1.96 bits per heavy atom. The molecule has 1 aromatic carbocycles. The lowest BCUT2D eigenvalue weighted by molar-refractivity contribution is 0.610. The van der Waals surface area contributed by atoms with Gasteiger partial charge in [-0.3, -0.25) is 14.0 Å². The van der Waals surface area contributed by atoms with E-state index in [1.54, 1.807) is 23.0 Å². The highest BCUT2D eigenvalue weighted by molar-refractivity contribution is 6.31. The van der Waals surface area contributed by atoms with Crippen LogP contribution in [0.3, 0.4) is 0 Å². The minimum absolute atomic E-state index is 0.0377. The van der Waals surface area contributed by atoms with E-state index in [0.29, 0.717) is 22.5 Å². The molecule has 0 unspecified atom stereocenters. The highest BCUT2D eigenvalue weighted by atomic mass is 35.5. The average Bonchev–Trinajstić information content (AvgIpc) is 3.03. The molecule has 0 spiro atoms. The molecule has 0 fully saturated rings. The normalized spacial score (nSPS) is 11.2. The summed E-state index contributed by atoms with van der Waals surface area (Å²) in [7, 11) is 0. The van der Waals surface area contributed by atoms with Crippen molar-refractivity contribution in [2.45, 2.75) is 6.54 Å². The predicted octanol–water partition coefficient (Wildman–Crippen LogP) is 4.08. The van der Waals surface area contributed by atoms with Crippen LogP contribution in [0, 0.1) is 5.82 Å². The molecule has 0 bridgehead atoms. The number of nitrogens with zero attached hydrogens (tertiary/aromatic N) is 4. The number of hydrogen-bond acceptors (Lipinski definition) is 3. The molecule has 0 N–H and O–H groups in total. The highest BCUT2D eigenvalue weighted by Crippen LogP contribution is 2.19. The minimum Gasteiger partial charge on any atom is -0.280 e. The van der Waals surface area contributed by atoms with Crippen LogP contribution in [0.4, 0.5) is 4.39 Å². The molecule has 0 saturated carbocycles. The fourth-order valence-electron chi connectivity index (χ4n) is 2.73. The van der Waals surface area contributed by atoms with Gasteiger partial charge in [-0.2, -0.15) is 5.10 Å². The standard InChI is InChI=1S/C18H11Cl2FN4O/c19-13-4-2-1-3-11(13)9-24-10-12-15(23-24)5-6-25(18(12)26)16-7-17(20)22-8-14(16)21/h1-8,10H,9H2. The van der Waals surface area contributed by atoms with Crippen LogP contribution in [0.2, 0.25) is 10.2 Å². The molecule has 0 aliphatic rings. The third kappa shape index (κ3) is 2.98. The summed E-state index contributed by atoms with van der Waals surface area (Å²) in [4.78, 5) is 16.4. The molecule has 0 atom stereocenters. The van der Waals surface area contributed by atoms with Crippen molar-refractivity contribution >= 4 is 34.1 Å². The number of fused-ring (bicyclic) bond motifs is 1. The van der Waals surface area contributed by atoms with E-state index in [1.807, 2.05) is 18.2 Å². The van der Waals surface area contributed by atoms with Gasteiger partial charge in [0.2, 0.25) is 0 Å². The molecular formula is C18H11Cl2FN4O. The Balaban J connectivity index is 1.80. The summed E-state index contributed by atoms with van der Waals surface area (Å²) in [6.45, 7) is 0.420. The maximum atomic E-state index is 14.1. The molecule has 3 aromatic heterocycles. The molecule has 0 aliphatic carbocycles. The van der Waals surface area contributed by atoms with Crippen molar-refractivity contribution in [3.05, 3.63) is 86.9 Å². The van der Waals surface area contributed by atoms with Crippen molar-refractivity contribution in [3.8, 4) is 5.69 Å². The summed E-state index contributed by atoms with van der Waals surface area (Å²) in [5.74, 6) is -0.640. The summed E-state index contributed by atoms with van der Waals surface area (Å²) in [5.41, 5.74) is 1.04. The minimum atomic E-state index is -0.640. The van der Waals surface area contributed by atoms with Crippen LogP contribution in [-0.4, -0.2) is 19.3 Å². The van der Waals surface area contributed by atoms with Crippen molar-refractivity contribution in [2.75, 3.05) is 0 Å². The van der Waals surface area contributed by atoms with E-state index in [0.717, 1.165) is 11.8 Å². The van der Waals surface area contributed by atoms with Crippen LogP contribution < -0.4 is 5.56 Å². The van der Waals surface area contributed by atoms with Crippen molar-refractivity contribution in [1.29, 1.82) is 0 Å². The van der Waals surface area contributed by atoms with Crippen LogP contribution in [-0.2, 0) is 6.54 Å². The number of hydrogen-bond donors (Lipinski definition) is 0. The lowest BCUT2D eigenvalue weighted by Gasteiger charge is -2.06. The molecular weight excluding hydrogens is 378 g/mol. The second-order valence-corrected chi connectivity index (χ2v) is 6.46. The second kappa shape index (κ2) is 6.55. The lowest BCUT2D eigenvalue weighted by atomic mass is 10.2. The first kappa shape index (κ1) is 16.8. The third-order valence-corrected chi connectivity index (χ3v) is 4.55. The van der Waals surface area contributed by atoms with E-state index in [2.05, 4.69) is 10.1 Å². The quantitative estimate of drug-likeness (QED) is 0.497. The molecule has 8 heteroatoms. The van der Waals surface area contributed by atoms with E-state index in [-0.39, 0.29) is 10.8 Å². The summed E-state index contributed by atoms with van der Waals surface area (Å²) in [5, 5.41) is 5.49. The van der Waals surface area contributed by atoms with Crippen molar-refractivity contribution < 1.29 is 4.39 Å². The fraction of sp³-hybridized carbons (Fsp3) is 0.0556. The number of rotatable bonds is 3. The summed E-state index contributed by atoms with van der Waals surface area (Å²) in [6.07, 6.45) is 4.07. The molecule has 0 saturated heterocycles. The molecule has 4 rings (SSSR count). The first-order chi connectivity index (χ1) is 12.5. The molecule has 3 heterocycles. The zero-order chi connectivity index (χ0) is 18.3. The summed E-state index contributed by atoms with van der Waals surface area (Å²) >= 11 is 12.0. The zero-order valence-corrected chi connectivity index (χ0v) is 14.7. The average molecular weight is 389 g/mol. The number of halogens is 3. The van der Waals surface area contributed by atoms with Gasteiger partial charge in [0.1, 0.15) is 5.15 Å². The molecule has 0 aliphatic heterocycles. The monoisotopic (exact) mass is 388 g/mol. The van der Waals surface area contributed by atoms with Crippen LogP contribution in [0.15, 0.2) is 59.8 Å². The van der Waals surface area contributed by atoms with E-state index in [9.17, 15) is 9.18 Å². The predicted molar refractivity (Wildman–Crippen MR) is 98.6 cm³/mol. The van der Waals surface area contributed by atoms with Gasteiger partial charge >= 0.3 is 0 Å². The van der Waals surface area contributed by atoms with Gasteiger partial charge in [0.05, 0.1) is 29.3 Å². The Hall–Kier alpha value is -2.70. The van der Waals surface area contributed by atoms with E-state index < -0.39 is 11.4 Å². The Bertz CT molecular complexity index is 1190. The Morgan fingerprint density at radius 1 is 1.15 bits per heavy atom. The Labute approximate surface area is 157 Å². The Morgan fingerprint density at radius 3 is 2.77 bits per heavy atom. The summed E-state index contributed by atoms with van der Waals surface area (Å²) < 4.78 is 16.9. The van der Waals surface area contributed by atoms with Gasteiger partial charge in [-0.1, -0.05) is 41.4 Å². The van der Waals surface area contributed by atoms with Gasteiger partial charge in [-0.15, -0.1) is 0 Å². The number of benzene rings is 1. The van der Waals surface area contributed by atoms with Crippen LogP contribution in [0.5, 0.6) is 0 Å². The SMILES string of the molecule is O=c1c2cn(Cc3ccccc3Cl)nc2ccn1-c1cc(Cl)ncc1F. The van der Waals surface area contributed by atoms with Crippen molar-refractivity contribution in [3.63, 3.8) is 0 Å². The van der Waals surface area contributed by atoms with Crippen molar-refractivity contribution in [1.82, 2.24) is 19.3 Å². The first-order valence-electron chi connectivity index (χ1n) is 7.66. The van der Waals surface area contributed by atoms with Crippen molar-refractivity contribution in [2.24, 2.45) is 0 Å². The molecule has 26 heavy (non-hydrogen) atoms. The van der Waals surface area contributed by atoms with E-state index >= 15 is 0 Å². The summed E-state index contributed by atoms with van der Waals surface area (Å²) in [6, 6.07) is 10.4. The van der Waals surface area contributed by atoms with Gasteiger partial charge in [-0.05, 0) is 17.7 Å². The van der Waals surface area contributed by atoms with Gasteiger partial charge in [0.25, 0.3) is 5.56 Å². The second-order valence-electron chi connectivity index (χ2n) is 5.67. The van der Waals surface area contributed by atoms with Gasteiger partial charge in [-0.25, -0.2) is 9.37 Å². The van der Waals surface area contributed by atoms with Crippen LogP contribution in [0.1, 0.15) is 5.56 Å². The number of aromatic nitrogens is 4. The molecule has 0 radical (unpaired) electrons. The van der Waals surface area contributed by atoms with Gasteiger partial charge in [0, 0.05) is 23.5 Å². The molecule has 0 amide bonds. The Kier molecular flexibility index (Phi) is 4.22. The molecule has 130 valence electrons. The lowest BCUT2D eigenvalue weighted by Crippen LogP contribution is -2.18. The fourth-order valence-corrected chi connectivity index (χ4v) is 3.07. The van der Waals surface area contributed by atoms with E-state index in [4.69, 9.17) is 23.2 Å². The molecule has 4 aromatic rings. The largest absolute Gasteiger partial charge is 0.280 e. The highest BCUT2D eigenvalue weighted by Gasteiger charge is 2.13. The first-order valence-corrected chi connectivity index (χ1v) is 8.42. The zero-order valence-electron chi connectivity index (χ0n) is 13.2. The van der Waals surface area contributed by atoms with Crippen LogP contribution >= 0.6 is 23.2 Å². The smallest absolute Gasteiger partial charge is 0.266 e. The topological polar surface area (TPSA) is 52.7 Å². The van der Waals surface area contributed by atoms with E-state index in [1.165, 1.54) is 16.8 Å². The maximum absolute atomic E-state index is 14.1.